The van der Waals surface area contributed by atoms with Crippen LogP contribution in [-0.4, -0.2) is 10.9 Å². The zero-order chi connectivity index (χ0) is 16.2. The van der Waals surface area contributed by atoms with E-state index in [0.717, 1.165) is 5.56 Å². The molecule has 0 bridgehead atoms. The smallest absolute Gasteiger partial charge is 0.251 e. The summed E-state index contributed by atoms with van der Waals surface area (Å²) in [4.78, 5) is 15.4. The molecule has 23 heavy (non-hydrogen) atoms. The maximum atomic E-state index is 13.7. The standard InChI is InChI=1S/C17H14FN3O2/c18-15-8-12(6-7-14(15)16(19)22)20-9-13-10-23-17(21-13)11-4-2-1-3-5-11/h1-8,10,20H,9H2,(H2,19,22). The van der Waals surface area contributed by atoms with E-state index in [-0.39, 0.29) is 5.56 Å². The summed E-state index contributed by atoms with van der Waals surface area (Å²) in [6.45, 7) is 0.367. The zero-order valence-corrected chi connectivity index (χ0v) is 12.1. The molecule has 3 N–H and O–H groups in total. The molecule has 0 saturated heterocycles. The molecule has 3 aromatic rings. The summed E-state index contributed by atoms with van der Waals surface area (Å²) in [7, 11) is 0. The molecule has 1 aromatic heterocycles. The van der Waals surface area contributed by atoms with Crippen LogP contribution >= 0.6 is 0 Å². The van der Waals surface area contributed by atoms with E-state index >= 15 is 0 Å². The second kappa shape index (κ2) is 6.31. The molecule has 116 valence electrons. The summed E-state index contributed by atoms with van der Waals surface area (Å²) in [5, 5.41) is 3.02. The summed E-state index contributed by atoms with van der Waals surface area (Å²) < 4.78 is 19.1. The monoisotopic (exact) mass is 311 g/mol. The molecule has 0 spiro atoms. The lowest BCUT2D eigenvalue weighted by Crippen LogP contribution is -2.13. The van der Waals surface area contributed by atoms with Gasteiger partial charge in [0, 0.05) is 11.3 Å². The Hall–Kier alpha value is -3.15. The van der Waals surface area contributed by atoms with Gasteiger partial charge in [-0.1, -0.05) is 18.2 Å². The molecule has 0 aliphatic rings. The summed E-state index contributed by atoms with van der Waals surface area (Å²) in [5.74, 6) is -0.927. The number of nitrogens with two attached hydrogens (primary N) is 1. The summed E-state index contributed by atoms with van der Waals surface area (Å²) in [6.07, 6.45) is 1.55. The number of amides is 1. The molecule has 0 atom stereocenters. The van der Waals surface area contributed by atoms with Crippen LogP contribution in [0.1, 0.15) is 16.1 Å². The van der Waals surface area contributed by atoms with Crippen LogP contribution in [0.3, 0.4) is 0 Å². The molecule has 1 heterocycles. The third-order valence-electron chi connectivity index (χ3n) is 3.28. The Balaban J connectivity index is 1.68. The van der Waals surface area contributed by atoms with Crippen LogP contribution in [0.15, 0.2) is 59.2 Å². The molecule has 2 aromatic carbocycles. The highest BCUT2D eigenvalue weighted by molar-refractivity contribution is 5.93. The lowest BCUT2D eigenvalue weighted by atomic mass is 10.2. The Bertz CT molecular complexity index is 831. The Morgan fingerprint density at radius 2 is 2.00 bits per heavy atom. The van der Waals surface area contributed by atoms with Crippen LogP contribution in [0, 0.1) is 5.82 Å². The van der Waals surface area contributed by atoms with Gasteiger partial charge in [0.1, 0.15) is 12.1 Å². The maximum absolute atomic E-state index is 13.7. The number of anilines is 1. The number of oxazole rings is 1. The first-order valence-electron chi connectivity index (χ1n) is 6.96. The molecule has 6 heteroatoms. The number of rotatable bonds is 5. The van der Waals surface area contributed by atoms with Crippen molar-refractivity contribution < 1.29 is 13.6 Å². The van der Waals surface area contributed by atoms with Gasteiger partial charge in [-0.05, 0) is 30.3 Å². The third-order valence-corrected chi connectivity index (χ3v) is 3.28. The van der Waals surface area contributed by atoms with Gasteiger partial charge in [0.25, 0.3) is 5.91 Å². The predicted octanol–water partition coefficient (Wildman–Crippen LogP) is 3.19. The molecule has 0 saturated carbocycles. The Morgan fingerprint density at radius 3 is 2.70 bits per heavy atom. The van der Waals surface area contributed by atoms with Crippen molar-refractivity contribution in [3.8, 4) is 11.5 Å². The first kappa shape index (κ1) is 14.8. The number of benzene rings is 2. The van der Waals surface area contributed by atoms with Gasteiger partial charge in [0.05, 0.1) is 17.8 Å². The molecule has 0 aliphatic carbocycles. The van der Waals surface area contributed by atoms with Crippen LogP contribution in [-0.2, 0) is 6.54 Å². The van der Waals surface area contributed by atoms with E-state index in [9.17, 15) is 9.18 Å². The lowest BCUT2D eigenvalue weighted by Gasteiger charge is -2.05. The van der Waals surface area contributed by atoms with E-state index in [2.05, 4.69) is 10.3 Å². The number of nitrogens with zero attached hydrogens (tertiary/aromatic N) is 1. The van der Waals surface area contributed by atoms with Gasteiger partial charge in [-0.2, -0.15) is 0 Å². The van der Waals surface area contributed by atoms with Crippen LogP contribution in [0.25, 0.3) is 11.5 Å². The van der Waals surface area contributed by atoms with Crippen LogP contribution in [0.2, 0.25) is 0 Å². The molecule has 0 radical (unpaired) electrons. The molecule has 5 nitrogen and oxygen atoms in total. The van der Waals surface area contributed by atoms with Crippen molar-refractivity contribution in [2.24, 2.45) is 5.73 Å². The van der Waals surface area contributed by atoms with Gasteiger partial charge >= 0.3 is 0 Å². The van der Waals surface area contributed by atoms with Crippen molar-refractivity contribution in [3.63, 3.8) is 0 Å². The normalized spacial score (nSPS) is 10.5. The van der Waals surface area contributed by atoms with Crippen molar-refractivity contribution in [2.75, 3.05) is 5.32 Å². The SMILES string of the molecule is NC(=O)c1ccc(NCc2coc(-c3ccccc3)n2)cc1F. The topological polar surface area (TPSA) is 81.2 Å². The molecule has 1 amide bonds. The maximum Gasteiger partial charge on any atom is 0.251 e. The Morgan fingerprint density at radius 1 is 1.22 bits per heavy atom. The largest absolute Gasteiger partial charge is 0.444 e. The van der Waals surface area contributed by atoms with E-state index in [0.29, 0.717) is 23.8 Å². The highest BCUT2D eigenvalue weighted by Crippen LogP contribution is 2.19. The van der Waals surface area contributed by atoms with Crippen molar-refractivity contribution >= 4 is 11.6 Å². The number of halogens is 1. The Labute approximate surface area is 132 Å². The van der Waals surface area contributed by atoms with Crippen LogP contribution in [0.5, 0.6) is 0 Å². The minimum Gasteiger partial charge on any atom is -0.444 e. The van der Waals surface area contributed by atoms with E-state index in [4.69, 9.17) is 10.2 Å². The van der Waals surface area contributed by atoms with Crippen LogP contribution < -0.4 is 11.1 Å². The summed E-state index contributed by atoms with van der Waals surface area (Å²) >= 11 is 0. The fraction of sp³-hybridized carbons (Fsp3) is 0.0588. The molecular weight excluding hydrogens is 297 g/mol. The fourth-order valence-corrected chi connectivity index (χ4v) is 2.12. The predicted molar refractivity (Wildman–Crippen MR) is 84.2 cm³/mol. The number of nitrogens with one attached hydrogen (secondary N) is 1. The van der Waals surface area contributed by atoms with E-state index in [1.54, 1.807) is 12.3 Å². The van der Waals surface area contributed by atoms with Gasteiger partial charge in [0.2, 0.25) is 5.89 Å². The highest BCUT2D eigenvalue weighted by atomic mass is 19.1. The molecular formula is C17H14FN3O2. The molecule has 3 rings (SSSR count). The van der Waals surface area contributed by atoms with Crippen molar-refractivity contribution in [2.45, 2.75) is 6.54 Å². The number of carbonyl (C=O) groups excluding carboxylic acids is 1. The number of hydrogen-bond donors (Lipinski definition) is 2. The van der Waals surface area contributed by atoms with Gasteiger partial charge in [-0.25, -0.2) is 9.37 Å². The van der Waals surface area contributed by atoms with Gasteiger partial charge in [0.15, 0.2) is 0 Å². The average Bonchev–Trinajstić information content (AvgIpc) is 3.02. The van der Waals surface area contributed by atoms with Crippen LogP contribution in [0.4, 0.5) is 10.1 Å². The first-order chi connectivity index (χ1) is 11.1. The van der Waals surface area contributed by atoms with Crippen molar-refractivity contribution in [3.05, 3.63) is 71.9 Å². The third kappa shape index (κ3) is 3.37. The van der Waals surface area contributed by atoms with Gasteiger partial charge in [-0.15, -0.1) is 0 Å². The fourth-order valence-electron chi connectivity index (χ4n) is 2.12. The van der Waals surface area contributed by atoms with E-state index in [1.807, 2.05) is 30.3 Å². The lowest BCUT2D eigenvalue weighted by molar-refractivity contribution is 0.0996. The minimum absolute atomic E-state index is 0.136. The quantitative estimate of drug-likeness (QED) is 0.758. The number of primary amides is 1. The molecule has 0 fully saturated rings. The summed E-state index contributed by atoms with van der Waals surface area (Å²) in [6, 6.07) is 13.7. The average molecular weight is 311 g/mol. The molecule has 0 aliphatic heterocycles. The van der Waals surface area contributed by atoms with Crippen molar-refractivity contribution in [1.29, 1.82) is 0 Å². The molecule has 0 unspecified atom stereocenters. The minimum atomic E-state index is -0.793. The first-order valence-corrected chi connectivity index (χ1v) is 6.96. The van der Waals surface area contributed by atoms with Gasteiger partial charge < -0.3 is 15.5 Å². The van der Waals surface area contributed by atoms with E-state index in [1.165, 1.54) is 12.1 Å². The number of carbonyl (C=O) groups is 1. The number of aromatic nitrogens is 1. The second-order valence-electron chi connectivity index (χ2n) is 4.92. The van der Waals surface area contributed by atoms with Gasteiger partial charge in [-0.3, -0.25) is 4.79 Å². The zero-order valence-electron chi connectivity index (χ0n) is 12.1. The Kier molecular flexibility index (Phi) is 4.05. The highest BCUT2D eigenvalue weighted by Gasteiger charge is 2.09. The second-order valence-corrected chi connectivity index (χ2v) is 4.92. The van der Waals surface area contributed by atoms with E-state index < -0.39 is 11.7 Å². The van der Waals surface area contributed by atoms with Crippen molar-refractivity contribution in [1.82, 2.24) is 4.98 Å². The summed E-state index contributed by atoms with van der Waals surface area (Å²) in [5.41, 5.74) is 7.02. The number of hydrogen-bond acceptors (Lipinski definition) is 4.